The number of nitrogens with zero attached hydrogens (tertiary/aromatic N) is 2. The zero-order valence-corrected chi connectivity index (χ0v) is 14.9. The highest BCUT2D eigenvalue weighted by Gasteiger charge is 2.37. The van der Waals surface area contributed by atoms with Crippen molar-refractivity contribution in [3.8, 4) is 0 Å². The van der Waals surface area contributed by atoms with E-state index in [0.717, 1.165) is 25.1 Å². The second-order valence-corrected chi connectivity index (χ2v) is 7.28. The zero-order valence-electron chi connectivity index (χ0n) is 13.3. The van der Waals surface area contributed by atoms with Gasteiger partial charge in [0, 0.05) is 31.1 Å². The van der Waals surface area contributed by atoms with Crippen LogP contribution in [-0.2, 0) is 19.6 Å². The van der Waals surface area contributed by atoms with E-state index >= 15 is 0 Å². The van der Waals surface area contributed by atoms with Crippen LogP contribution in [0.2, 0.25) is 5.02 Å². The Morgan fingerprint density at radius 1 is 1.44 bits per heavy atom. The largest absolute Gasteiger partial charge is 0.480 e. The Kier molecular flexibility index (Phi) is 6.85. The number of hydrogen-bond donors (Lipinski definition) is 2. The van der Waals surface area contributed by atoms with Crippen LogP contribution in [0.15, 0.2) is 23.1 Å². The van der Waals surface area contributed by atoms with Gasteiger partial charge in [-0.05, 0) is 19.1 Å². The number of rotatable bonds is 8. The molecule has 0 spiro atoms. The van der Waals surface area contributed by atoms with Crippen LogP contribution in [-0.4, -0.2) is 53.8 Å². The van der Waals surface area contributed by atoms with E-state index < -0.39 is 43.4 Å². The summed E-state index contributed by atoms with van der Waals surface area (Å²) in [5, 5.41) is 22.6. The quantitative estimate of drug-likeness (QED) is 0.491. The highest BCUT2D eigenvalue weighted by molar-refractivity contribution is 7.89. The average molecular weight is 394 g/mol. The summed E-state index contributed by atoms with van der Waals surface area (Å²) in [6, 6.07) is 1.45. The van der Waals surface area contributed by atoms with E-state index in [1.54, 1.807) is 0 Å². The van der Waals surface area contributed by atoms with Crippen molar-refractivity contribution in [2.45, 2.75) is 24.8 Å². The summed E-state index contributed by atoms with van der Waals surface area (Å²) in [7, 11) is -4.53. The van der Waals surface area contributed by atoms with E-state index in [1.807, 2.05) is 0 Å². The minimum absolute atomic E-state index is 0.0401. The predicted octanol–water partition coefficient (Wildman–Crippen LogP) is 0.848. The number of nitrogens with one attached hydrogen (secondary N) is 1. The number of nitro groups is 1. The number of hydrogen-bond acceptors (Lipinski definition) is 6. The van der Waals surface area contributed by atoms with Crippen LogP contribution in [0.5, 0.6) is 0 Å². The minimum Gasteiger partial charge on any atom is -0.480 e. The molecule has 12 heteroatoms. The van der Waals surface area contributed by atoms with E-state index in [9.17, 15) is 28.1 Å². The summed E-state index contributed by atoms with van der Waals surface area (Å²) in [6.45, 7) is 1.79. The van der Waals surface area contributed by atoms with Gasteiger partial charge in [-0.15, -0.1) is 0 Å². The van der Waals surface area contributed by atoms with Gasteiger partial charge in [-0.1, -0.05) is 11.6 Å². The topological polar surface area (TPSA) is 147 Å². The Morgan fingerprint density at radius 3 is 2.52 bits per heavy atom. The van der Waals surface area contributed by atoms with Crippen LogP contribution in [0.1, 0.15) is 13.8 Å². The molecule has 1 aromatic carbocycles. The van der Waals surface area contributed by atoms with Crippen LogP contribution >= 0.6 is 11.6 Å². The molecule has 0 aliphatic heterocycles. The fourth-order valence-electron chi connectivity index (χ4n) is 1.96. The fraction of sp³-hybridized carbons (Fsp3) is 0.385. The standard InChI is InChI=1S/C13H16ClN3O7S/c1-8(13(19)20)16(6-5-15-9(2)18)25(23,24)12-4-3-10(14)7-11(12)17(21)22/h3-4,7-8H,5-6H2,1-2H3,(H,15,18)(H,19,20). The molecular weight excluding hydrogens is 378 g/mol. The third-order valence-corrected chi connectivity index (χ3v) is 5.45. The molecule has 0 aromatic heterocycles. The summed E-state index contributed by atoms with van der Waals surface area (Å²) in [6.07, 6.45) is 0. The van der Waals surface area contributed by atoms with Crippen molar-refractivity contribution >= 4 is 39.2 Å². The van der Waals surface area contributed by atoms with Gasteiger partial charge in [-0.25, -0.2) is 8.42 Å². The lowest BCUT2D eigenvalue weighted by molar-refractivity contribution is -0.387. The lowest BCUT2D eigenvalue weighted by Gasteiger charge is -2.25. The summed E-state index contributed by atoms with van der Waals surface area (Å²) < 4.78 is 26.2. The van der Waals surface area contributed by atoms with E-state index in [2.05, 4.69) is 5.32 Å². The predicted molar refractivity (Wildman–Crippen MR) is 87.8 cm³/mol. The van der Waals surface area contributed by atoms with Crippen molar-refractivity contribution in [3.63, 3.8) is 0 Å². The molecule has 0 saturated heterocycles. The maximum absolute atomic E-state index is 12.8. The van der Waals surface area contributed by atoms with Gasteiger partial charge in [0.1, 0.15) is 6.04 Å². The van der Waals surface area contributed by atoms with E-state index in [4.69, 9.17) is 16.7 Å². The first-order valence-corrected chi connectivity index (χ1v) is 8.73. The molecule has 2 N–H and O–H groups in total. The van der Waals surface area contributed by atoms with Crippen LogP contribution in [0.3, 0.4) is 0 Å². The van der Waals surface area contributed by atoms with Gasteiger partial charge in [0.25, 0.3) is 15.7 Å². The molecular formula is C13H16ClN3O7S. The van der Waals surface area contributed by atoms with Gasteiger partial charge in [0.05, 0.1) is 4.92 Å². The Balaban J connectivity index is 3.38. The molecule has 1 amide bonds. The molecule has 0 fully saturated rings. The number of nitro benzene ring substituents is 1. The van der Waals surface area contributed by atoms with Crippen molar-refractivity contribution in [1.82, 2.24) is 9.62 Å². The SMILES string of the molecule is CC(=O)NCCN(C(C)C(=O)O)S(=O)(=O)c1ccc(Cl)cc1[N+](=O)[O-]. The van der Waals surface area contributed by atoms with Gasteiger partial charge in [-0.2, -0.15) is 4.31 Å². The maximum Gasteiger partial charge on any atom is 0.321 e. The molecule has 25 heavy (non-hydrogen) atoms. The maximum atomic E-state index is 12.8. The van der Waals surface area contributed by atoms with Gasteiger partial charge >= 0.3 is 5.97 Å². The van der Waals surface area contributed by atoms with E-state index in [-0.39, 0.29) is 18.1 Å². The number of benzene rings is 1. The number of carboxylic acids is 1. The molecule has 0 aliphatic rings. The van der Waals surface area contributed by atoms with Crippen molar-refractivity contribution < 1.29 is 28.0 Å². The second-order valence-electron chi connectivity index (χ2n) is 4.98. The summed E-state index contributed by atoms with van der Waals surface area (Å²) in [5.74, 6) is -1.87. The van der Waals surface area contributed by atoms with Crippen molar-refractivity contribution in [1.29, 1.82) is 0 Å². The number of amides is 1. The molecule has 0 radical (unpaired) electrons. The Hall–Kier alpha value is -2.24. The molecule has 138 valence electrons. The third-order valence-electron chi connectivity index (χ3n) is 3.20. The van der Waals surface area contributed by atoms with Crippen molar-refractivity contribution in [3.05, 3.63) is 33.3 Å². The smallest absolute Gasteiger partial charge is 0.321 e. The number of carbonyl (C=O) groups excluding carboxylic acids is 1. The van der Waals surface area contributed by atoms with Gasteiger partial charge in [0.2, 0.25) is 5.91 Å². The number of sulfonamides is 1. The summed E-state index contributed by atoms with van der Waals surface area (Å²) in [4.78, 5) is 31.7. The van der Waals surface area contributed by atoms with Gasteiger partial charge in [-0.3, -0.25) is 19.7 Å². The number of halogens is 1. The molecule has 1 atom stereocenters. The Bertz CT molecular complexity index is 797. The van der Waals surface area contributed by atoms with Crippen molar-refractivity contribution in [2.75, 3.05) is 13.1 Å². The first-order chi connectivity index (χ1) is 11.5. The lowest BCUT2D eigenvalue weighted by atomic mass is 10.3. The van der Waals surface area contributed by atoms with Crippen LogP contribution in [0.4, 0.5) is 5.69 Å². The fourth-order valence-corrected chi connectivity index (χ4v) is 3.86. The normalized spacial score (nSPS) is 12.6. The first-order valence-electron chi connectivity index (χ1n) is 6.91. The Labute approximate surface area is 148 Å². The van der Waals surface area contributed by atoms with Gasteiger partial charge < -0.3 is 10.4 Å². The molecule has 0 heterocycles. The third kappa shape index (κ3) is 5.11. The second kappa shape index (κ2) is 8.23. The number of carbonyl (C=O) groups is 2. The van der Waals surface area contributed by atoms with Crippen molar-refractivity contribution in [2.24, 2.45) is 0 Å². The van der Waals surface area contributed by atoms with Crippen LogP contribution in [0, 0.1) is 10.1 Å². The minimum atomic E-state index is -4.53. The molecule has 1 unspecified atom stereocenters. The number of carboxylic acid groups (broad SMARTS) is 1. The van der Waals surface area contributed by atoms with E-state index in [1.165, 1.54) is 6.92 Å². The molecule has 1 rings (SSSR count). The van der Waals surface area contributed by atoms with Crippen LogP contribution < -0.4 is 5.32 Å². The molecule has 0 saturated carbocycles. The Morgan fingerprint density at radius 2 is 2.04 bits per heavy atom. The highest BCUT2D eigenvalue weighted by Crippen LogP contribution is 2.30. The summed E-state index contributed by atoms with van der Waals surface area (Å²) >= 11 is 5.67. The molecule has 0 bridgehead atoms. The van der Waals surface area contributed by atoms with Gasteiger partial charge in [0.15, 0.2) is 4.90 Å². The molecule has 0 aliphatic carbocycles. The lowest BCUT2D eigenvalue weighted by Crippen LogP contribution is -2.46. The monoisotopic (exact) mass is 393 g/mol. The first kappa shape index (κ1) is 20.8. The van der Waals surface area contributed by atoms with Crippen LogP contribution in [0.25, 0.3) is 0 Å². The zero-order chi connectivity index (χ0) is 19.4. The van der Waals surface area contributed by atoms with E-state index in [0.29, 0.717) is 4.31 Å². The molecule has 1 aromatic rings. The average Bonchev–Trinajstić information content (AvgIpc) is 2.49. The highest BCUT2D eigenvalue weighted by atomic mass is 35.5. The number of aliphatic carboxylic acids is 1. The molecule has 10 nitrogen and oxygen atoms in total. The summed E-state index contributed by atoms with van der Waals surface area (Å²) in [5.41, 5.74) is -0.769.